The van der Waals surface area contributed by atoms with Gasteiger partial charge in [-0.15, -0.1) is 0 Å². The lowest BCUT2D eigenvalue weighted by Gasteiger charge is -2.13. The molecule has 0 saturated carbocycles. The molecule has 1 N–H and O–H groups in total. The molecule has 0 aliphatic carbocycles. The van der Waals surface area contributed by atoms with Crippen LogP contribution >= 0.6 is 11.8 Å². The number of hydrogen-bond acceptors (Lipinski definition) is 5. The quantitative estimate of drug-likeness (QED) is 0.326. The summed E-state index contributed by atoms with van der Waals surface area (Å²) in [6.45, 7) is 4.50. The van der Waals surface area contributed by atoms with Gasteiger partial charge in [0.15, 0.2) is 5.16 Å². The number of nitrogens with zero attached hydrogens (tertiary/aromatic N) is 2. The van der Waals surface area contributed by atoms with E-state index in [0.717, 1.165) is 11.3 Å². The van der Waals surface area contributed by atoms with Crippen LogP contribution in [0.3, 0.4) is 0 Å². The third-order valence-electron chi connectivity index (χ3n) is 4.82. The number of carbonyl (C=O) groups is 1. The highest BCUT2D eigenvalue weighted by atomic mass is 32.2. The van der Waals surface area contributed by atoms with Gasteiger partial charge in [-0.1, -0.05) is 41.6 Å². The first-order valence-electron chi connectivity index (χ1n) is 10.3. The van der Waals surface area contributed by atoms with Gasteiger partial charge in [-0.25, -0.2) is 4.98 Å². The van der Waals surface area contributed by atoms with Crippen molar-refractivity contribution in [2.24, 2.45) is 0 Å². The number of hydrogen-bond donors (Lipinski definition) is 1. The summed E-state index contributed by atoms with van der Waals surface area (Å²) in [7, 11) is 0. The Hall–Kier alpha value is -3.58. The molecule has 0 radical (unpaired) electrons. The molecule has 1 aromatic heterocycles. The molecule has 0 bridgehead atoms. The molecule has 0 unspecified atom stereocenters. The normalized spacial score (nSPS) is 10.8. The molecule has 1 heterocycles. The number of rotatable bonds is 7. The SMILES string of the molecule is CCOc1ccc(NC(=O)CSc2nc3ccccc3c(=O)n2-c2ccc(C)cc2)cc1. The Morgan fingerprint density at radius 1 is 1.03 bits per heavy atom. The van der Waals surface area contributed by atoms with Crippen molar-refractivity contribution in [3.8, 4) is 11.4 Å². The van der Waals surface area contributed by atoms with Crippen molar-refractivity contribution in [1.82, 2.24) is 9.55 Å². The zero-order valence-corrected chi connectivity index (χ0v) is 18.7. The van der Waals surface area contributed by atoms with E-state index in [4.69, 9.17) is 4.74 Å². The van der Waals surface area contributed by atoms with Crippen LogP contribution < -0.4 is 15.6 Å². The second kappa shape index (κ2) is 9.70. The number of aromatic nitrogens is 2. The number of benzene rings is 3. The molecule has 4 aromatic rings. The standard InChI is InChI=1S/C25H23N3O3S/c1-3-31-20-14-10-18(11-15-20)26-23(29)16-32-25-27-22-7-5-4-6-21(22)24(30)28(25)19-12-8-17(2)9-13-19/h4-15H,3,16H2,1-2H3,(H,26,29). The van der Waals surface area contributed by atoms with Crippen LogP contribution in [0.5, 0.6) is 5.75 Å². The summed E-state index contributed by atoms with van der Waals surface area (Å²) in [6, 6.07) is 22.1. The Balaban J connectivity index is 1.59. The highest BCUT2D eigenvalue weighted by molar-refractivity contribution is 7.99. The molecule has 0 fully saturated rings. The van der Waals surface area contributed by atoms with Gasteiger partial charge in [0.25, 0.3) is 5.56 Å². The molecular formula is C25H23N3O3S. The average Bonchev–Trinajstić information content (AvgIpc) is 2.80. The topological polar surface area (TPSA) is 73.2 Å². The molecule has 4 rings (SSSR count). The number of ether oxygens (including phenoxy) is 1. The Morgan fingerprint density at radius 3 is 2.47 bits per heavy atom. The number of para-hydroxylation sites is 1. The van der Waals surface area contributed by atoms with E-state index in [1.54, 1.807) is 28.8 Å². The van der Waals surface area contributed by atoms with Gasteiger partial charge >= 0.3 is 0 Å². The van der Waals surface area contributed by atoms with Crippen LogP contribution in [-0.4, -0.2) is 27.8 Å². The predicted molar refractivity (Wildman–Crippen MR) is 129 cm³/mol. The highest BCUT2D eigenvalue weighted by Crippen LogP contribution is 2.22. The van der Waals surface area contributed by atoms with Crippen molar-refractivity contribution in [3.63, 3.8) is 0 Å². The lowest BCUT2D eigenvalue weighted by molar-refractivity contribution is -0.113. The maximum Gasteiger partial charge on any atom is 0.266 e. The average molecular weight is 446 g/mol. The van der Waals surface area contributed by atoms with Gasteiger partial charge < -0.3 is 10.1 Å². The second-order valence-electron chi connectivity index (χ2n) is 7.18. The molecule has 32 heavy (non-hydrogen) atoms. The first-order chi connectivity index (χ1) is 15.5. The van der Waals surface area contributed by atoms with Crippen molar-refractivity contribution >= 4 is 34.3 Å². The number of aryl methyl sites for hydroxylation is 1. The van der Waals surface area contributed by atoms with Gasteiger partial charge in [0.1, 0.15) is 5.75 Å². The van der Waals surface area contributed by atoms with E-state index in [0.29, 0.717) is 34.0 Å². The lowest BCUT2D eigenvalue weighted by atomic mass is 10.2. The number of nitrogens with one attached hydrogen (secondary N) is 1. The maximum atomic E-state index is 13.3. The first-order valence-corrected chi connectivity index (χ1v) is 11.3. The predicted octanol–water partition coefficient (Wildman–Crippen LogP) is 4.82. The van der Waals surface area contributed by atoms with E-state index in [9.17, 15) is 9.59 Å². The van der Waals surface area contributed by atoms with E-state index < -0.39 is 0 Å². The molecule has 0 atom stereocenters. The van der Waals surface area contributed by atoms with Gasteiger partial charge in [0.2, 0.25) is 5.91 Å². The van der Waals surface area contributed by atoms with E-state index in [2.05, 4.69) is 10.3 Å². The molecular weight excluding hydrogens is 422 g/mol. The molecule has 1 amide bonds. The number of carbonyl (C=O) groups excluding carboxylic acids is 1. The van der Waals surface area contributed by atoms with Gasteiger partial charge in [-0.05, 0) is 62.4 Å². The minimum Gasteiger partial charge on any atom is -0.494 e. The molecule has 0 aliphatic rings. The van der Waals surface area contributed by atoms with Crippen molar-refractivity contribution < 1.29 is 9.53 Å². The Morgan fingerprint density at radius 2 is 1.75 bits per heavy atom. The van der Waals surface area contributed by atoms with Crippen LogP contribution in [0.2, 0.25) is 0 Å². The zero-order valence-electron chi connectivity index (χ0n) is 17.9. The van der Waals surface area contributed by atoms with Gasteiger partial charge in [-0.3, -0.25) is 14.2 Å². The highest BCUT2D eigenvalue weighted by Gasteiger charge is 2.15. The van der Waals surface area contributed by atoms with E-state index in [-0.39, 0.29) is 17.2 Å². The van der Waals surface area contributed by atoms with Crippen LogP contribution in [0.1, 0.15) is 12.5 Å². The molecule has 6 nitrogen and oxygen atoms in total. The summed E-state index contributed by atoms with van der Waals surface area (Å²) in [5.74, 6) is 0.684. The molecule has 7 heteroatoms. The van der Waals surface area contributed by atoms with Gasteiger partial charge in [0.05, 0.1) is 29.0 Å². The van der Waals surface area contributed by atoms with Gasteiger partial charge in [0, 0.05) is 5.69 Å². The number of anilines is 1. The minimum atomic E-state index is -0.183. The summed E-state index contributed by atoms with van der Waals surface area (Å²) in [6.07, 6.45) is 0. The van der Waals surface area contributed by atoms with Crippen LogP contribution in [-0.2, 0) is 4.79 Å². The smallest absolute Gasteiger partial charge is 0.266 e. The van der Waals surface area contributed by atoms with Crippen LogP contribution in [0.25, 0.3) is 16.6 Å². The second-order valence-corrected chi connectivity index (χ2v) is 8.12. The lowest BCUT2D eigenvalue weighted by Crippen LogP contribution is -2.23. The third-order valence-corrected chi connectivity index (χ3v) is 5.76. The third kappa shape index (κ3) is 4.84. The zero-order chi connectivity index (χ0) is 22.5. The number of thioether (sulfide) groups is 1. The molecule has 0 aliphatic heterocycles. The van der Waals surface area contributed by atoms with Crippen molar-refractivity contribution in [3.05, 3.63) is 88.7 Å². The van der Waals surface area contributed by atoms with Crippen molar-refractivity contribution in [2.45, 2.75) is 19.0 Å². The summed E-state index contributed by atoms with van der Waals surface area (Å²) >= 11 is 1.23. The fraction of sp³-hybridized carbons (Fsp3) is 0.160. The minimum absolute atomic E-state index is 0.115. The van der Waals surface area contributed by atoms with Gasteiger partial charge in [-0.2, -0.15) is 0 Å². The Kier molecular flexibility index (Phi) is 6.56. The maximum absolute atomic E-state index is 13.3. The van der Waals surface area contributed by atoms with E-state index >= 15 is 0 Å². The van der Waals surface area contributed by atoms with Crippen LogP contribution in [0, 0.1) is 6.92 Å². The summed E-state index contributed by atoms with van der Waals surface area (Å²) in [5, 5.41) is 3.88. The van der Waals surface area contributed by atoms with Crippen LogP contribution in [0.4, 0.5) is 5.69 Å². The Labute approximate surface area is 190 Å². The van der Waals surface area contributed by atoms with Crippen molar-refractivity contribution in [1.29, 1.82) is 0 Å². The number of amides is 1. The van der Waals surface area contributed by atoms with E-state index in [1.807, 2.05) is 62.4 Å². The van der Waals surface area contributed by atoms with Crippen LogP contribution in [0.15, 0.2) is 82.7 Å². The fourth-order valence-corrected chi connectivity index (χ4v) is 4.07. The monoisotopic (exact) mass is 445 g/mol. The molecule has 0 spiro atoms. The molecule has 0 saturated heterocycles. The summed E-state index contributed by atoms with van der Waals surface area (Å²) in [4.78, 5) is 30.5. The fourth-order valence-electron chi connectivity index (χ4n) is 3.26. The molecule has 162 valence electrons. The Bertz CT molecular complexity index is 1300. The number of fused-ring (bicyclic) bond motifs is 1. The summed E-state index contributed by atoms with van der Waals surface area (Å²) < 4.78 is 6.99. The molecule has 3 aromatic carbocycles. The van der Waals surface area contributed by atoms with E-state index in [1.165, 1.54) is 11.8 Å². The summed E-state index contributed by atoms with van der Waals surface area (Å²) in [5.41, 5.74) is 2.94. The largest absolute Gasteiger partial charge is 0.494 e. The van der Waals surface area contributed by atoms with Crippen molar-refractivity contribution in [2.75, 3.05) is 17.7 Å². The first kappa shape index (κ1) is 21.6.